The highest BCUT2D eigenvalue weighted by atomic mass is 32.1. The van der Waals surface area contributed by atoms with Gasteiger partial charge < -0.3 is 5.11 Å². The van der Waals surface area contributed by atoms with Crippen LogP contribution in [-0.2, 0) is 0 Å². The lowest BCUT2D eigenvalue weighted by molar-refractivity contribution is 0.477. The Bertz CT molecular complexity index is 1170. The number of benzene rings is 2. The Balaban J connectivity index is 1.52. The summed E-state index contributed by atoms with van der Waals surface area (Å²) in [4.78, 5) is 8.33. The van der Waals surface area contributed by atoms with Crippen LogP contribution in [0.4, 0.5) is 0 Å². The van der Waals surface area contributed by atoms with Gasteiger partial charge in [-0.25, -0.2) is 4.98 Å². The molecule has 126 valence electrons. The fraction of sp³-hybridized carbons (Fsp3) is 0. The zero-order chi connectivity index (χ0) is 17.5. The van der Waals surface area contributed by atoms with Crippen molar-refractivity contribution < 1.29 is 5.11 Å². The Morgan fingerprint density at radius 3 is 2.46 bits per heavy atom. The van der Waals surface area contributed by atoms with E-state index in [0.29, 0.717) is 0 Å². The lowest BCUT2D eigenvalue weighted by atomic mass is 10.1. The van der Waals surface area contributed by atoms with Crippen LogP contribution in [-0.4, -0.2) is 10.1 Å². The lowest BCUT2D eigenvalue weighted by Gasteiger charge is -2.04. The minimum atomic E-state index is 0.271. The van der Waals surface area contributed by atoms with Crippen molar-refractivity contribution >= 4 is 44.2 Å². The van der Waals surface area contributed by atoms with Gasteiger partial charge in [0.05, 0.1) is 15.8 Å². The number of aromatic hydroxyl groups is 1. The van der Waals surface area contributed by atoms with Gasteiger partial charge in [0.25, 0.3) is 0 Å². The number of thiazole rings is 1. The first-order valence-corrected chi connectivity index (χ1v) is 10.6. The molecule has 0 aliphatic carbocycles. The smallest absolute Gasteiger partial charge is 0.128 e. The minimum Gasteiger partial charge on any atom is -0.507 e. The summed E-state index contributed by atoms with van der Waals surface area (Å²) in [7, 11) is 0. The fourth-order valence-corrected chi connectivity index (χ4v) is 5.73. The van der Waals surface area contributed by atoms with Gasteiger partial charge in [-0.2, -0.15) is 0 Å². The molecule has 0 unspecified atom stereocenters. The molecule has 5 heteroatoms. The third-order valence-electron chi connectivity index (χ3n) is 4.18. The summed E-state index contributed by atoms with van der Waals surface area (Å²) in [5.41, 5.74) is 2.78. The largest absolute Gasteiger partial charge is 0.507 e. The molecule has 0 aliphatic rings. The SMILES string of the molecule is Oc1cc(-c2ccc(-c3cccs3)s2)ccc1-c1nc2ccccc2s1. The summed E-state index contributed by atoms with van der Waals surface area (Å²) >= 11 is 5.09. The standard InChI is InChI=1S/C21H13NOS3/c23-16-12-13(17-9-10-20(25-17)19-6-3-11-24-19)7-8-14(16)21-22-15-4-1-2-5-18(15)26-21/h1-12,23H. The van der Waals surface area contributed by atoms with Gasteiger partial charge in [0.2, 0.25) is 0 Å². The van der Waals surface area contributed by atoms with E-state index in [1.54, 1.807) is 34.0 Å². The number of aromatic nitrogens is 1. The molecule has 0 saturated heterocycles. The molecular formula is C21H13NOS3. The summed E-state index contributed by atoms with van der Waals surface area (Å²) in [6.07, 6.45) is 0. The highest BCUT2D eigenvalue weighted by Gasteiger charge is 2.13. The first-order valence-electron chi connectivity index (χ1n) is 8.11. The number of thiophene rings is 2. The van der Waals surface area contributed by atoms with Gasteiger partial charge in [-0.05, 0) is 53.4 Å². The number of para-hydroxylation sites is 1. The summed E-state index contributed by atoms with van der Waals surface area (Å²) in [5, 5.41) is 13.5. The van der Waals surface area contributed by atoms with Gasteiger partial charge in [-0.1, -0.05) is 24.3 Å². The number of phenols is 1. The number of hydrogen-bond acceptors (Lipinski definition) is 5. The Morgan fingerprint density at radius 1 is 0.769 bits per heavy atom. The lowest BCUT2D eigenvalue weighted by Crippen LogP contribution is -1.79. The Kier molecular flexibility index (Phi) is 3.85. The third kappa shape index (κ3) is 2.74. The normalized spacial score (nSPS) is 11.2. The molecule has 5 aromatic rings. The average Bonchev–Trinajstić information content (AvgIpc) is 3.40. The van der Waals surface area contributed by atoms with Crippen LogP contribution in [0.3, 0.4) is 0 Å². The highest BCUT2D eigenvalue weighted by Crippen LogP contribution is 2.40. The average molecular weight is 392 g/mol. The molecule has 1 N–H and O–H groups in total. The molecule has 26 heavy (non-hydrogen) atoms. The molecule has 5 rings (SSSR count). The molecule has 3 aromatic heterocycles. The number of hydrogen-bond donors (Lipinski definition) is 1. The second-order valence-electron chi connectivity index (χ2n) is 5.86. The van der Waals surface area contributed by atoms with Crippen molar-refractivity contribution in [3.05, 3.63) is 72.1 Å². The molecule has 0 atom stereocenters. The van der Waals surface area contributed by atoms with E-state index >= 15 is 0 Å². The molecule has 0 radical (unpaired) electrons. The van der Waals surface area contributed by atoms with Gasteiger partial charge in [0.15, 0.2) is 0 Å². The summed E-state index contributed by atoms with van der Waals surface area (Å²) < 4.78 is 1.13. The van der Waals surface area contributed by atoms with Gasteiger partial charge >= 0.3 is 0 Å². The van der Waals surface area contributed by atoms with Crippen molar-refractivity contribution in [2.75, 3.05) is 0 Å². The van der Waals surface area contributed by atoms with Crippen LogP contribution in [0.2, 0.25) is 0 Å². The summed E-state index contributed by atoms with van der Waals surface area (Å²) in [5.74, 6) is 0.271. The monoisotopic (exact) mass is 391 g/mol. The van der Waals surface area contributed by atoms with Crippen LogP contribution in [0, 0.1) is 0 Å². The van der Waals surface area contributed by atoms with Crippen molar-refractivity contribution in [1.82, 2.24) is 4.98 Å². The molecule has 2 aromatic carbocycles. The van der Waals surface area contributed by atoms with E-state index < -0.39 is 0 Å². The van der Waals surface area contributed by atoms with Crippen LogP contribution in [0.15, 0.2) is 72.1 Å². The first-order chi connectivity index (χ1) is 12.8. The maximum Gasteiger partial charge on any atom is 0.128 e. The van der Waals surface area contributed by atoms with Crippen LogP contribution in [0.1, 0.15) is 0 Å². The highest BCUT2D eigenvalue weighted by molar-refractivity contribution is 7.23. The molecule has 2 nitrogen and oxygen atoms in total. The summed E-state index contributed by atoms with van der Waals surface area (Å²) in [6, 6.07) is 22.4. The Labute approximate surface area is 162 Å². The number of phenolic OH excluding ortho intramolecular Hbond substituents is 1. The van der Waals surface area contributed by atoms with E-state index in [9.17, 15) is 5.11 Å². The molecule has 0 spiro atoms. The Morgan fingerprint density at radius 2 is 1.65 bits per heavy atom. The predicted octanol–water partition coefficient (Wildman–Crippen LogP) is 7.13. The first kappa shape index (κ1) is 15.8. The van der Waals surface area contributed by atoms with Gasteiger partial charge in [-0.15, -0.1) is 34.0 Å². The number of rotatable bonds is 3. The van der Waals surface area contributed by atoms with Crippen molar-refractivity contribution in [1.29, 1.82) is 0 Å². The van der Waals surface area contributed by atoms with E-state index in [1.165, 1.54) is 9.75 Å². The molecule has 0 bridgehead atoms. The molecular weight excluding hydrogens is 378 g/mol. The fourth-order valence-electron chi connectivity index (χ4n) is 2.90. The zero-order valence-electron chi connectivity index (χ0n) is 13.5. The van der Waals surface area contributed by atoms with Gasteiger partial charge in [0, 0.05) is 14.6 Å². The Hall–Kier alpha value is -2.47. The second-order valence-corrected chi connectivity index (χ2v) is 8.92. The van der Waals surface area contributed by atoms with Crippen molar-refractivity contribution in [3.63, 3.8) is 0 Å². The molecule has 0 amide bonds. The van der Waals surface area contributed by atoms with Gasteiger partial charge in [-0.3, -0.25) is 0 Å². The molecule has 3 heterocycles. The van der Waals surface area contributed by atoms with Gasteiger partial charge in [0.1, 0.15) is 10.8 Å². The van der Waals surface area contributed by atoms with Crippen molar-refractivity contribution in [3.8, 4) is 36.5 Å². The van der Waals surface area contributed by atoms with E-state index in [1.807, 2.05) is 30.3 Å². The second kappa shape index (κ2) is 6.36. The van der Waals surface area contributed by atoms with Crippen molar-refractivity contribution in [2.24, 2.45) is 0 Å². The minimum absolute atomic E-state index is 0.271. The van der Waals surface area contributed by atoms with E-state index in [4.69, 9.17) is 0 Å². The molecule has 0 fully saturated rings. The van der Waals surface area contributed by atoms with Crippen LogP contribution < -0.4 is 0 Å². The maximum absolute atomic E-state index is 10.6. The molecule has 0 aliphatic heterocycles. The number of nitrogens with zero attached hydrogens (tertiary/aromatic N) is 1. The third-order valence-corrected chi connectivity index (χ3v) is 7.45. The summed E-state index contributed by atoms with van der Waals surface area (Å²) in [6.45, 7) is 0. The quantitative estimate of drug-likeness (QED) is 0.355. The topological polar surface area (TPSA) is 33.1 Å². The molecule has 0 saturated carbocycles. The van der Waals surface area contributed by atoms with Crippen LogP contribution in [0.5, 0.6) is 5.75 Å². The predicted molar refractivity (Wildman–Crippen MR) is 113 cm³/mol. The maximum atomic E-state index is 10.6. The van der Waals surface area contributed by atoms with E-state index in [2.05, 4.69) is 46.8 Å². The van der Waals surface area contributed by atoms with E-state index in [0.717, 1.165) is 31.2 Å². The van der Waals surface area contributed by atoms with E-state index in [-0.39, 0.29) is 5.75 Å². The van der Waals surface area contributed by atoms with Crippen LogP contribution in [0.25, 0.3) is 41.0 Å². The van der Waals surface area contributed by atoms with Crippen molar-refractivity contribution in [2.45, 2.75) is 0 Å². The zero-order valence-corrected chi connectivity index (χ0v) is 16.0. The van der Waals surface area contributed by atoms with Crippen LogP contribution >= 0.6 is 34.0 Å². The number of fused-ring (bicyclic) bond motifs is 1.